The van der Waals surface area contributed by atoms with E-state index in [-0.39, 0.29) is 29.9 Å². The van der Waals surface area contributed by atoms with E-state index < -0.39 is 0 Å². The molecular formula is C15H28N4O3. The van der Waals surface area contributed by atoms with Crippen molar-refractivity contribution in [3.63, 3.8) is 0 Å². The number of guanidine groups is 1. The summed E-state index contributed by atoms with van der Waals surface area (Å²) >= 11 is 0. The van der Waals surface area contributed by atoms with Crippen LogP contribution in [0, 0.1) is 0 Å². The molecule has 0 aromatic carbocycles. The number of rotatable bonds is 4. The van der Waals surface area contributed by atoms with Gasteiger partial charge in [0.1, 0.15) is 0 Å². The van der Waals surface area contributed by atoms with E-state index in [0.29, 0.717) is 25.6 Å². The minimum Gasteiger partial charge on any atom is -0.469 e. The topological polar surface area (TPSA) is 74.2 Å². The molecule has 0 bridgehead atoms. The molecule has 0 aromatic heterocycles. The van der Waals surface area contributed by atoms with Crippen molar-refractivity contribution in [3.8, 4) is 0 Å². The molecule has 0 atom stereocenters. The van der Waals surface area contributed by atoms with Crippen LogP contribution in [0.3, 0.4) is 0 Å². The second-order valence-corrected chi connectivity index (χ2v) is 6.33. The number of amides is 1. The number of nitrogens with one attached hydrogen (secondary N) is 1. The normalized spacial score (nSPS) is 18.7. The predicted molar refractivity (Wildman–Crippen MR) is 85.6 cm³/mol. The molecule has 0 aliphatic carbocycles. The molecule has 7 nitrogen and oxygen atoms in total. The minimum atomic E-state index is -0.274. The van der Waals surface area contributed by atoms with Gasteiger partial charge in [-0.25, -0.2) is 0 Å². The maximum Gasteiger partial charge on any atom is 0.307 e. The number of aliphatic imine (C=N–C) groups is 1. The van der Waals surface area contributed by atoms with Crippen LogP contribution >= 0.6 is 0 Å². The van der Waals surface area contributed by atoms with Gasteiger partial charge in [0.05, 0.1) is 25.6 Å². The van der Waals surface area contributed by atoms with Gasteiger partial charge in [-0.2, -0.15) is 0 Å². The fourth-order valence-corrected chi connectivity index (χ4v) is 3.02. The van der Waals surface area contributed by atoms with Gasteiger partial charge in [0.2, 0.25) is 5.91 Å². The molecule has 0 aromatic rings. The van der Waals surface area contributed by atoms with Crippen LogP contribution in [0.15, 0.2) is 4.99 Å². The van der Waals surface area contributed by atoms with Gasteiger partial charge in [-0.15, -0.1) is 0 Å². The zero-order valence-corrected chi connectivity index (χ0v) is 14.5. The van der Waals surface area contributed by atoms with Crippen molar-refractivity contribution in [2.75, 3.05) is 33.8 Å². The van der Waals surface area contributed by atoms with Crippen molar-refractivity contribution in [2.24, 2.45) is 4.99 Å². The van der Waals surface area contributed by atoms with Crippen LogP contribution in [-0.4, -0.2) is 73.0 Å². The largest absolute Gasteiger partial charge is 0.469 e. The fourth-order valence-electron chi connectivity index (χ4n) is 3.02. The van der Waals surface area contributed by atoms with Crippen molar-refractivity contribution >= 4 is 17.8 Å². The Morgan fingerprint density at radius 1 is 1.45 bits per heavy atom. The molecule has 0 spiro atoms. The van der Waals surface area contributed by atoms with Crippen molar-refractivity contribution in [1.82, 2.24) is 15.1 Å². The summed E-state index contributed by atoms with van der Waals surface area (Å²) < 4.78 is 4.61. The van der Waals surface area contributed by atoms with Crippen LogP contribution in [0.2, 0.25) is 0 Å². The number of nitrogens with zero attached hydrogens (tertiary/aromatic N) is 3. The van der Waals surface area contributed by atoms with Gasteiger partial charge in [0.25, 0.3) is 0 Å². The summed E-state index contributed by atoms with van der Waals surface area (Å²) in [7, 11) is 3.04. The van der Waals surface area contributed by atoms with E-state index in [2.05, 4.69) is 28.9 Å². The number of piperazine rings is 1. The van der Waals surface area contributed by atoms with Crippen LogP contribution in [0.5, 0.6) is 0 Å². The molecule has 1 rings (SSSR count). The lowest BCUT2D eigenvalue weighted by atomic mass is 9.96. The average Bonchev–Trinajstić information content (AvgIpc) is 2.40. The summed E-state index contributed by atoms with van der Waals surface area (Å²) in [6.45, 7) is 9.57. The zero-order chi connectivity index (χ0) is 16.9. The Hall–Kier alpha value is -1.79. The van der Waals surface area contributed by atoms with Crippen LogP contribution in [0.25, 0.3) is 0 Å². The molecule has 1 saturated heterocycles. The molecule has 1 fully saturated rings. The van der Waals surface area contributed by atoms with Crippen LogP contribution in [-0.2, 0) is 14.3 Å². The molecule has 22 heavy (non-hydrogen) atoms. The molecule has 1 N–H and O–H groups in total. The SMILES string of the molecule is CN=C(NCCC(=O)OC)N1CC(=O)N(C(C)C)C(C)(C)C1. The van der Waals surface area contributed by atoms with Crippen molar-refractivity contribution < 1.29 is 14.3 Å². The molecule has 0 unspecified atom stereocenters. The van der Waals surface area contributed by atoms with Crippen molar-refractivity contribution in [1.29, 1.82) is 0 Å². The summed E-state index contributed by atoms with van der Waals surface area (Å²) in [5.74, 6) is 0.444. The fraction of sp³-hybridized carbons (Fsp3) is 0.800. The van der Waals surface area contributed by atoms with E-state index in [1.165, 1.54) is 7.11 Å². The predicted octanol–water partition coefficient (Wildman–Crippen LogP) is 0.456. The van der Waals surface area contributed by atoms with E-state index in [1.54, 1.807) is 7.05 Å². The summed E-state index contributed by atoms with van der Waals surface area (Å²) in [6.07, 6.45) is 0.263. The molecule has 0 saturated carbocycles. The second kappa shape index (κ2) is 7.47. The van der Waals surface area contributed by atoms with Crippen LogP contribution < -0.4 is 5.32 Å². The van der Waals surface area contributed by atoms with E-state index in [9.17, 15) is 9.59 Å². The smallest absolute Gasteiger partial charge is 0.307 e. The van der Waals surface area contributed by atoms with E-state index >= 15 is 0 Å². The first-order valence-corrected chi connectivity index (χ1v) is 7.57. The lowest BCUT2D eigenvalue weighted by molar-refractivity contribution is -0.145. The molecule has 126 valence electrons. The second-order valence-electron chi connectivity index (χ2n) is 6.33. The molecular weight excluding hydrogens is 284 g/mol. The summed E-state index contributed by atoms with van der Waals surface area (Å²) in [4.78, 5) is 31.7. The van der Waals surface area contributed by atoms with Gasteiger partial charge < -0.3 is 19.9 Å². The molecule has 1 aliphatic rings. The van der Waals surface area contributed by atoms with Gasteiger partial charge in [-0.05, 0) is 27.7 Å². The minimum absolute atomic E-state index is 0.0853. The van der Waals surface area contributed by atoms with Crippen molar-refractivity contribution in [2.45, 2.75) is 45.7 Å². The number of hydrogen-bond donors (Lipinski definition) is 1. The van der Waals surface area contributed by atoms with Gasteiger partial charge in [-0.3, -0.25) is 14.6 Å². The summed E-state index contributed by atoms with van der Waals surface area (Å²) in [6, 6.07) is 0.166. The van der Waals surface area contributed by atoms with Crippen LogP contribution in [0.1, 0.15) is 34.1 Å². The quantitative estimate of drug-likeness (QED) is 0.464. The van der Waals surface area contributed by atoms with E-state index in [4.69, 9.17) is 0 Å². The number of hydrogen-bond acceptors (Lipinski definition) is 4. The highest BCUT2D eigenvalue weighted by molar-refractivity contribution is 5.88. The molecule has 1 aliphatic heterocycles. The number of methoxy groups -OCH3 is 1. The number of carbonyl (C=O) groups is 2. The third kappa shape index (κ3) is 4.35. The van der Waals surface area contributed by atoms with Gasteiger partial charge >= 0.3 is 5.97 Å². The third-order valence-electron chi connectivity index (χ3n) is 3.69. The molecule has 1 heterocycles. The first-order chi connectivity index (χ1) is 10.2. The first kappa shape index (κ1) is 18.3. The van der Waals surface area contributed by atoms with E-state index in [1.807, 2.05) is 23.6 Å². The molecule has 1 amide bonds. The standard InChI is InChI=1S/C15H28N4O3/c1-11(2)19-12(20)9-18(10-15(19,3)4)14(16-5)17-8-7-13(21)22-6/h11H,7-10H2,1-6H3,(H,16,17). The van der Waals surface area contributed by atoms with Gasteiger partial charge in [0, 0.05) is 26.2 Å². The highest BCUT2D eigenvalue weighted by atomic mass is 16.5. The first-order valence-electron chi connectivity index (χ1n) is 7.57. The Balaban J connectivity index is 2.72. The lowest BCUT2D eigenvalue weighted by Crippen LogP contribution is -2.66. The Morgan fingerprint density at radius 2 is 2.09 bits per heavy atom. The Morgan fingerprint density at radius 3 is 2.55 bits per heavy atom. The summed E-state index contributed by atoms with van der Waals surface area (Å²) in [5, 5.41) is 3.11. The number of carbonyl (C=O) groups excluding carboxylic acids is 2. The number of esters is 1. The lowest BCUT2D eigenvalue weighted by Gasteiger charge is -2.49. The Kier molecular flexibility index (Phi) is 6.20. The number of ether oxygens (including phenoxy) is 1. The maximum atomic E-state index is 12.4. The molecule has 0 radical (unpaired) electrons. The van der Waals surface area contributed by atoms with Crippen molar-refractivity contribution in [3.05, 3.63) is 0 Å². The third-order valence-corrected chi connectivity index (χ3v) is 3.69. The monoisotopic (exact) mass is 312 g/mol. The molecule has 7 heteroatoms. The highest BCUT2D eigenvalue weighted by Gasteiger charge is 2.40. The summed E-state index contributed by atoms with van der Waals surface area (Å²) in [5.41, 5.74) is -0.274. The van der Waals surface area contributed by atoms with Gasteiger partial charge in [0.15, 0.2) is 5.96 Å². The highest BCUT2D eigenvalue weighted by Crippen LogP contribution is 2.24. The Bertz CT molecular complexity index is 446. The van der Waals surface area contributed by atoms with Gasteiger partial charge in [-0.1, -0.05) is 0 Å². The van der Waals surface area contributed by atoms with E-state index in [0.717, 1.165) is 0 Å². The maximum absolute atomic E-state index is 12.4. The zero-order valence-electron chi connectivity index (χ0n) is 14.5. The average molecular weight is 312 g/mol. The Labute approximate surface area is 132 Å². The van der Waals surface area contributed by atoms with Crippen LogP contribution in [0.4, 0.5) is 0 Å².